The Kier molecular flexibility index (Phi) is 4.30. The fourth-order valence-corrected chi connectivity index (χ4v) is 2.12. The molecule has 25 heavy (non-hydrogen) atoms. The van der Waals surface area contributed by atoms with Gasteiger partial charge in [-0.15, -0.1) is 0 Å². The maximum absolute atomic E-state index is 12.6. The van der Waals surface area contributed by atoms with E-state index in [4.69, 9.17) is 4.52 Å². The van der Waals surface area contributed by atoms with Crippen LogP contribution in [0.15, 0.2) is 40.9 Å². The number of rotatable bonds is 4. The zero-order chi connectivity index (χ0) is 18.0. The number of nitrogens with zero attached hydrogens (tertiary/aromatic N) is 3. The molecule has 0 amide bonds. The van der Waals surface area contributed by atoms with E-state index >= 15 is 0 Å². The summed E-state index contributed by atoms with van der Waals surface area (Å²) < 4.78 is 42.8. The average molecular weight is 349 g/mol. The van der Waals surface area contributed by atoms with E-state index in [9.17, 15) is 13.2 Å². The van der Waals surface area contributed by atoms with E-state index in [2.05, 4.69) is 25.8 Å². The molecule has 0 aliphatic rings. The van der Waals surface area contributed by atoms with Gasteiger partial charge in [-0.1, -0.05) is 5.16 Å². The lowest BCUT2D eigenvalue weighted by atomic mass is 10.2. The molecule has 0 radical (unpaired) electrons. The van der Waals surface area contributed by atoms with Gasteiger partial charge in [0.1, 0.15) is 11.6 Å². The largest absolute Gasteiger partial charge is 0.416 e. The van der Waals surface area contributed by atoms with Crippen molar-refractivity contribution in [3.63, 3.8) is 0 Å². The number of hydrogen-bond donors (Lipinski definition) is 2. The third kappa shape index (κ3) is 4.25. The predicted molar refractivity (Wildman–Crippen MR) is 86.0 cm³/mol. The first-order chi connectivity index (χ1) is 11.8. The number of halogens is 3. The second-order valence-corrected chi connectivity index (χ2v) is 5.37. The Hall–Kier alpha value is -3.10. The van der Waals surface area contributed by atoms with E-state index in [0.29, 0.717) is 28.8 Å². The van der Waals surface area contributed by atoms with Crippen molar-refractivity contribution in [3.05, 3.63) is 53.4 Å². The van der Waals surface area contributed by atoms with Crippen LogP contribution >= 0.6 is 0 Å². The molecule has 0 aliphatic carbocycles. The minimum atomic E-state index is -4.37. The molecule has 9 heteroatoms. The molecule has 0 saturated heterocycles. The van der Waals surface area contributed by atoms with Gasteiger partial charge < -0.3 is 15.2 Å². The van der Waals surface area contributed by atoms with Crippen LogP contribution in [0.4, 0.5) is 36.4 Å². The Balaban J connectivity index is 1.78. The number of aromatic nitrogens is 3. The Morgan fingerprint density at radius 3 is 2.24 bits per heavy atom. The van der Waals surface area contributed by atoms with Crippen LogP contribution in [0.25, 0.3) is 0 Å². The van der Waals surface area contributed by atoms with Gasteiger partial charge in [0.2, 0.25) is 5.95 Å². The Bertz CT molecular complexity index is 874. The molecule has 3 rings (SSSR count). The number of nitrogens with one attached hydrogen (secondary N) is 2. The molecule has 0 bridgehead atoms. The van der Waals surface area contributed by atoms with E-state index in [1.165, 1.54) is 12.1 Å². The first kappa shape index (κ1) is 16.7. The lowest BCUT2D eigenvalue weighted by Gasteiger charge is -2.10. The van der Waals surface area contributed by atoms with Crippen molar-refractivity contribution < 1.29 is 17.7 Å². The van der Waals surface area contributed by atoms with Gasteiger partial charge in [0, 0.05) is 23.5 Å². The van der Waals surface area contributed by atoms with Crippen LogP contribution in [0.1, 0.15) is 17.0 Å². The molecular formula is C16H14F3N5O. The maximum Gasteiger partial charge on any atom is 0.416 e. The van der Waals surface area contributed by atoms with E-state index in [0.717, 1.165) is 12.1 Å². The molecule has 2 heterocycles. The van der Waals surface area contributed by atoms with Gasteiger partial charge in [-0.2, -0.15) is 18.2 Å². The fourth-order valence-electron chi connectivity index (χ4n) is 2.12. The molecule has 0 saturated carbocycles. The lowest BCUT2D eigenvalue weighted by molar-refractivity contribution is -0.137. The summed E-state index contributed by atoms with van der Waals surface area (Å²) in [5, 5.41) is 9.67. The Morgan fingerprint density at radius 1 is 0.920 bits per heavy atom. The van der Waals surface area contributed by atoms with E-state index < -0.39 is 11.7 Å². The van der Waals surface area contributed by atoms with Crippen molar-refractivity contribution in [2.45, 2.75) is 20.0 Å². The maximum atomic E-state index is 12.6. The zero-order valence-electron chi connectivity index (χ0n) is 13.3. The molecule has 2 N–H and O–H groups in total. The SMILES string of the molecule is Cc1cc(Nc2cc(C)on2)nc(Nc2ccc(C(F)(F)F)cc2)n1. The van der Waals surface area contributed by atoms with Crippen LogP contribution in [0.3, 0.4) is 0 Å². The molecule has 2 aromatic heterocycles. The molecule has 0 spiro atoms. The van der Waals surface area contributed by atoms with Crippen molar-refractivity contribution in [2.24, 2.45) is 0 Å². The molecule has 1 aromatic carbocycles. The van der Waals surface area contributed by atoms with E-state index in [-0.39, 0.29) is 5.95 Å². The van der Waals surface area contributed by atoms with Crippen LogP contribution in [-0.4, -0.2) is 15.1 Å². The molecule has 0 unspecified atom stereocenters. The molecule has 3 aromatic rings. The van der Waals surface area contributed by atoms with Gasteiger partial charge in [-0.3, -0.25) is 0 Å². The van der Waals surface area contributed by atoms with Crippen molar-refractivity contribution >= 4 is 23.3 Å². The Morgan fingerprint density at radius 2 is 1.64 bits per heavy atom. The summed E-state index contributed by atoms with van der Waals surface area (Å²) >= 11 is 0. The molecule has 130 valence electrons. The topological polar surface area (TPSA) is 75.9 Å². The highest BCUT2D eigenvalue weighted by Crippen LogP contribution is 2.30. The van der Waals surface area contributed by atoms with Crippen LogP contribution in [0, 0.1) is 13.8 Å². The van der Waals surface area contributed by atoms with Gasteiger partial charge in [-0.05, 0) is 38.1 Å². The molecule has 6 nitrogen and oxygen atoms in total. The van der Waals surface area contributed by atoms with Gasteiger partial charge in [-0.25, -0.2) is 4.98 Å². The third-order valence-electron chi connectivity index (χ3n) is 3.21. The molecule has 0 fully saturated rings. The van der Waals surface area contributed by atoms with Gasteiger partial charge in [0.25, 0.3) is 0 Å². The Labute approximate surface area is 141 Å². The summed E-state index contributed by atoms with van der Waals surface area (Å²) in [6.07, 6.45) is -4.37. The van der Waals surface area contributed by atoms with Crippen LogP contribution in [-0.2, 0) is 6.18 Å². The number of benzene rings is 1. The van der Waals surface area contributed by atoms with Crippen molar-refractivity contribution in [1.82, 2.24) is 15.1 Å². The monoisotopic (exact) mass is 349 g/mol. The minimum Gasteiger partial charge on any atom is -0.360 e. The number of aryl methyl sites for hydroxylation is 2. The number of hydrogen-bond acceptors (Lipinski definition) is 6. The molecule has 0 atom stereocenters. The van der Waals surface area contributed by atoms with Crippen molar-refractivity contribution in [2.75, 3.05) is 10.6 Å². The van der Waals surface area contributed by atoms with Crippen LogP contribution in [0.2, 0.25) is 0 Å². The zero-order valence-corrected chi connectivity index (χ0v) is 13.3. The van der Waals surface area contributed by atoms with E-state index in [1.807, 2.05) is 0 Å². The van der Waals surface area contributed by atoms with Crippen LogP contribution in [0.5, 0.6) is 0 Å². The van der Waals surface area contributed by atoms with Crippen molar-refractivity contribution in [3.8, 4) is 0 Å². The van der Waals surface area contributed by atoms with Gasteiger partial charge in [0.15, 0.2) is 5.82 Å². The second kappa shape index (κ2) is 6.42. The fraction of sp³-hybridized carbons (Fsp3) is 0.188. The lowest BCUT2D eigenvalue weighted by Crippen LogP contribution is -2.05. The van der Waals surface area contributed by atoms with Gasteiger partial charge >= 0.3 is 6.18 Å². The van der Waals surface area contributed by atoms with Gasteiger partial charge in [0.05, 0.1) is 5.56 Å². The first-order valence-electron chi connectivity index (χ1n) is 7.30. The summed E-state index contributed by atoms with van der Waals surface area (Å²) in [4.78, 5) is 8.49. The summed E-state index contributed by atoms with van der Waals surface area (Å²) in [6.45, 7) is 3.54. The first-order valence-corrected chi connectivity index (χ1v) is 7.30. The second-order valence-electron chi connectivity index (χ2n) is 5.37. The normalized spacial score (nSPS) is 11.4. The standard InChI is InChI=1S/C16H14F3N5O/c1-9-7-13(22-14-8-10(2)25-24-14)23-15(20-9)21-12-5-3-11(4-6-12)16(17,18)19/h3-8H,1-2H3,(H2,20,21,22,23,24). The quantitative estimate of drug-likeness (QED) is 0.718. The van der Waals surface area contributed by atoms with Crippen LogP contribution < -0.4 is 10.6 Å². The van der Waals surface area contributed by atoms with E-state index in [1.54, 1.807) is 26.0 Å². The van der Waals surface area contributed by atoms with Crippen molar-refractivity contribution in [1.29, 1.82) is 0 Å². The third-order valence-corrected chi connectivity index (χ3v) is 3.21. The molecule has 0 aliphatic heterocycles. The molecular weight excluding hydrogens is 335 g/mol. The highest BCUT2D eigenvalue weighted by Gasteiger charge is 2.29. The summed E-state index contributed by atoms with van der Waals surface area (Å²) in [5.74, 6) is 1.88. The smallest absolute Gasteiger partial charge is 0.360 e. The highest BCUT2D eigenvalue weighted by atomic mass is 19.4. The summed E-state index contributed by atoms with van der Waals surface area (Å²) in [7, 11) is 0. The summed E-state index contributed by atoms with van der Waals surface area (Å²) in [5.41, 5.74) is 0.404. The predicted octanol–water partition coefficient (Wildman–Crippen LogP) is 4.59. The summed E-state index contributed by atoms with van der Waals surface area (Å²) in [6, 6.07) is 8.05. The number of anilines is 4. The highest BCUT2D eigenvalue weighted by molar-refractivity contribution is 5.58. The average Bonchev–Trinajstić information content (AvgIpc) is 2.91. The number of alkyl halides is 3. The minimum absolute atomic E-state index is 0.252.